The molecule has 1 aliphatic rings. The van der Waals surface area contributed by atoms with Crippen LogP contribution in [-0.2, 0) is 19.6 Å². The summed E-state index contributed by atoms with van der Waals surface area (Å²) in [6.07, 6.45) is 4.95. The van der Waals surface area contributed by atoms with Crippen molar-refractivity contribution in [3.8, 4) is 5.75 Å². The normalized spacial score (nSPS) is 15.1. The molecule has 0 radical (unpaired) electrons. The Hall–Kier alpha value is -2.44. The lowest BCUT2D eigenvalue weighted by Crippen LogP contribution is -2.33. The van der Waals surface area contributed by atoms with Crippen molar-refractivity contribution in [3.63, 3.8) is 0 Å². The number of aromatic nitrogens is 2. The van der Waals surface area contributed by atoms with Crippen molar-refractivity contribution in [2.24, 2.45) is 5.73 Å². The summed E-state index contributed by atoms with van der Waals surface area (Å²) < 4.78 is 10.9. The van der Waals surface area contributed by atoms with E-state index in [1.165, 1.54) is 42.0 Å². The number of nitrogens with two attached hydrogens (primary N) is 1. The Bertz CT molecular complexity index is 902. The molecule has 1 fully saturated rings. The van der Waals surface area contributed by atoms with Gasteiger partial charge in [0.1, 0.15) is 5.75 Å². The first-order valence-electron chi connectivity index (χ1n) is 9.58. The van der Waals surface area contributed by atoms with Crippen LogP contribution in [0.2, 0.25) is 0 Å². The second-order valence-electron chi connectivity index (χ2n) is 7.12. The third-order valence-electron chi connectivity index (χ3n) is 5.45. The molecule has 6 heteroatoms. The molecule has 0 amide bonds. The van der Waals surface area contributed by atoms with Crippen molar-refractivity contribution in [2.75, 3.05) is 7.11 Å². The number of hydrogen-bond donors (Lipinski definition) is 1. The van der Waals surface area contributed by atoms with Crippen molar-refractivity contribution >= 4 is 10.8 Å². The van der Waals surface area contributed by atoms with Gasteiger partial charge in [-0.3, -0.25) is 4.90 Å². The maximum atomic E-state index is 5.70. The fourth-order valence-electron chi connectivity index (χ4n) is 4.08. The monoisotopic (exact) mass is 366 g/mol. The highest BCUT2D eigenvalue weighted by molar-refractivity contribution is 5.87. The highest BCUT2D eigenvalue weighted by Gasteiger charge is 2.26. The predicted molar refractivity (Wildman–Crippen MR) is 104 cm³/mol. The number of nitrogens with zero attached hydrogens (tertiary/aromatic N) is 3. The van der Waals surface area contributed by atoms with E-state index < -0.39 is 0 Å². The highest BCUT2D eigenvalue weighted by atomic mass is 16.5. The fraction of sp³-hybridized carbons (Fsp3) is 0.429. The van der Waals surface area contributed by atoms with Crippen molar-refractivity contribution in [2.45, 2.75) is 51.4 Å². The van der Waals surface area contributed by atoms with Gasteiger partial charge in [-0.25, -0.2) is 0 Å². The Labute approximate surface area is 159 Å². The molecule has 0 bridgehead atoms. The number of ether oxygens (including phenoxy) is 1. The molecular formula is C21H26N4O2. The molecule has 6 nitrogen and oxygen atoms in total. The lowest BCUT2D eigenvalue weighted by atomic mass is 10.0. The summed E-state index contributed by atoms with van der Waals surface area (Å²) in [5, 5.41) is 6.56. The van der Waals surface area contributed by atoms with Crippen LogP contribution in [0.5, 0.6) is 5.75 Å². The van der Waals surface area contributed by atoms with E-state index in [1.54, 1.807) is 7.11 Å². The molecule has 0 saturated heterocycles. The van der Waals surface area contributed by atoms with Crippen molar-refractivity contribution in [1.29, 1.82) is 0 Å². The first-order chi connectivity index (χ1) is 13.3. The lowest BCUT2D eigenvalue weighted by Gasteiger charge is -2.28. The van der Waals surface area contributed by atoms with E-state index in [0.29, 0.717) is 24.3 Å². The van der Waals surface area contributed by atoms with Gasteiger partial charge in [0.25, 0.3) is 0 Å². The third-order valence-corrected chi connectivity index (χ3v) is 5.45. The summed E-state index contributed by atoms with van der Waals surface area (Å²) in [6, 6.07) is 13.2. The summed E-state index contributed by atoms with van der Waals surface area (Å²) in [5.41, 5.74) is 6.83. The fourth-order valence-corrected chi connectivity index (χ4v) is 4.08. The van der Waals surface area contributed by atoms with Crippen molar-refractivity contribution in [1.82, 2.24) is 15.0 Å². The van der Waals surface area contributed by atoms with Crippen LogP contribution in [0.3, 0.4) is 0 Å². The molecule has 1 aromatic heterocycles. The zero-order valence-corrected chi connectivity index (χ0v) is 15.7. The average Bonchev–Trinajstić information content (AvgIpc) is 3.39. The Kier molecular flexibility index (Phi) is 5.36. The molecule has 2 N–H and O–H groups in total. The van der Waals surface area contributed by atoms with E-state index >= 15 is 0 Å². The van der Waals surface area contributed by atoms with E-state index in [-0.39, 0.29) is 6.54 Å². The minimum atomic E-state index is 0.271. The van der Waals surface area contributed by atoms with Gasteiger partial charge in [-0.15, -0.1) is 0 Å². The quantitative estimate of drug-likeness (QED) is 0.688. The average molecular weight is 366 g/mol. The van der Waals surface area contributed by atoms with Gasteiger partial charge in [0.2, 0.25) is 5.89 Å². The molecule has 4 rings (SSSR count). The third kappa shape index (κ3) is 3.82. The smallest absolute Gasteiger partial charge is 0.240 e. The van der Waals surface area contributed by atoms with Gasteiger partial charge in [-0.2, -0.15) is 4.98 Å². The first kappa shape index (κ1) is 17.9. The maximum absolute atomic E-state index is 5.70. The molecule has 0 spiro atoms. The summed E-state index contributed by atoms with van der Waals surface area (Å²) in [5.74, 6) is 2.10. The van der Waals surface area contributed by atoms with E-state index in [9.17, 15) is 0 Å². The van der Waals surface area contributed by atoms with E-state index in [2.05, 4.69) is 51.4 Å². The molecule has 0 unspecified atom stereocenters. The molecule has 1 aliphatic carbocycles. The number of hydrogen-bond acceptors (Lipinski definition) is 6. The van der Waals surface area contributed by atoms with Gasteiger partial charge in [0.15, 0.2) is 5.82 Å². The first-order valence-corrected chi connectivity index (χ1v) is 9.58. The zero-order chi connectivity index (χ0) is 18.6. The Morgan fingerprint density at radius 3 is 2.70 bits per heavy atom. The number of methoxy groups -OCH3 is 1. The van der Waals surface area contributed by atoms with Crippen LogP contribution < -0.4 is 10.5 Å². The van der Waals surface area contributed by atoms with Gasteiger partial charge in [0, 0.05) is 18.2 Å². The van der Waals surface area contributed by atoms with Gasteiger partial charge >= 0.3 is 0 Å². The molecule has 1 heterocycles. The number of benzene rings is 2. The largest absolute Gasteiger partial charge is 0.496 e. The van der Waals surface area contributed by atoms with Crippen LogP contribution in [0.1, 0.15) is 43.0 Å². The Morgan fingerprint density at radius 2 is 1.96 bits per heavy atom. The van der Waals surface area contributed by atoms with E-state index in [1.807, 2.05) is 0 Å². The van der Waals surface area contributed by atoms with Crippen LogP contribution in [0.15, 0.2) is 40.9 Å². The second-order valence-corrected chi connectivity index (χ2v) is 7.12. The number of fused-ring (bicyclic) bond motifs is 1. The van der Waals surface area contributed by atoms with Crippen molar-refractivity contribution < 1.29 is 9.26 Å². The maximum Gasteiger partial charge on any atom is 0.240 e. The van der Waals surface area contributed by atoms with Gasteiger partial charge in [-0.05, 0) is 29.7 Å². The molecule has 0 aliphatic heterocycles. The predicted octanol–water partition coefficient (Wildman–Crippen LogP) is 3.63. The molecular weight excluding hydrogens is 340 g/mol. The Morgan fingerprint density at radius 1 is 1.15 bits per heavy atom. The minimum absolute atomic E-state index is 0.271. The highest BCUT2D eigenvalue weighted by Crippen LogP contribution is 2.32. The number of rotatable bonds is 7. The van der Waals surface area contributed by atoms with E-state index in [4.69, 9.17) is 15.0 Å². The summed E-state index contributed by atoms with van der Waals surface area (Å²) in [7, 11) is 1.74. The molecule has 1 saturated carbocycles. The van der Waals surface area contributed by atoms with Crippen LogP contribution in [0.25, 0.3) is 10.8 Å². The Balaban J connectivity index is 1.67. The van der Waals surface area contributed by atoms with Crippen LogP contribution in [0.4, 0.5) is 0 Å². The zero-order valence-electron chi connectivity index (χ0n) is 15.7. The van der Waals surface area contributed by atoms with E-state index in [0.717, 1.165) is 12.3 Å². The van der Waals surface area contributed by atoms with Crippen LogP contribution in [0, 0.1) is 0 Å². The second kappa shape index (κ2) is 8.06. The molecule has 3 aromatic rings. The van der Waals surface area contributed by atoms with Gasteiger partial charge in [0.05, 0.1) is 20.2 Å². The molecule has 2 aromatic carbocycles. The lowest BCUT2D eigenvalue weighted by molar-refractivity contribution is 0.172. The standard InChI is InChI=1S/C21H26N4O2/c1-26-19-11-10-15-6-2-5-9-17(15)18(19)13-25(16-7-3-4-8-16)14-20-23-21(12-22)27-24-20/h2,5-6,9-11,16H,3-4,7-8,12-14,22H2,1H3. The molecule has 27 heavy (non-hydrogen) atoms. The van der Waals surface area contributed by atoms with Crippen LogP contribution in [-0.4, -0.2) is 28.2 Å². The summed E-state index contributed by atoms with van der Waals surface area (Å²) >= 11 is 0. The molecule has 0 atom stereocenters. The van der Waals surface area contributed by atoms with Crippen molar-refractivity contribution in [3.05, 3.63) is 53.7 Å². The SMILES string of the molecule is COc1ccc2ccccc2c1CN(Cc1noc(CN)n1)C1CCCC1. The van der Waals surface area contributed by atoms with Crippen LogP contribution >= 0.6 is 0 Å². The minimum Gasteiger partial charge on any atom is -0.496 e. The topological polar surface area (TPSA) is 77.4 Å². The van der Waals surface area contributed by atoms with Gasteiger partial charge < -0.3 is 15.0 Å². The summed E-state index contributed by atoms with van der Waals surface area (Å²) in [4.78, 5) is 6.87. The van der Waals surface area contributed by atoms with Gasteiger partial charge in [-0.1, -0.05) is 48.3 Å². The molecule has 142 valence electrons. The summed E-state index contributed by atoms with van der Waals surface area (Å²) in [6.45, 7) is 1.72.